The molecule has 3 rings (SSSR count). The molecule has 0 saturated carbocycles. The Morgan fingerprint density at radius 1 is 1.19 bits per heavy atom. The number of urea groups is 1. The van der Waals surface area contributed by atoms with Crippen molar-refractivity contribution < 1.29 is 23.8 Å². The zero-order valence-electron chi connectivity index (χ0n) is 16.9. The van der Waals surface area contributed by atoms with E-state index in [9.17, 15) is 9.59 Å². The number of nitrogens with zero attached hydrogens (tertiary/aromatic N) is 1. The minimum absolute atomic E-state index is 0.131. The molecule has 1 aliphatic rings. The summed E-state index contributed by atoms with van der Waals surface area (Å²) in [6.07, 6.45) is 0. The second-order valence-corrected chi connectivity index (χ2v) is 6.90. The summed E-state index contributed by atoms with van der Waals surface area (Å²) in [5.41, 5.74) is 1.55. The summed E-state index contributed by atoms with van der Waals surface area (Å²) in [6.45, 7) is 1.73. The highest BCUT2D eigenvalue weighted by Crippen LogP contribution is 2.31. The van der Waals surface area contributed by atoms with Crippen molar-refractivity contribution in [2.24, 2.45) is 0 Å². The maximum atomic E-state index is 12.8. The second-order valence-electron chi connectivity index (χ2n) is 6.46. The molecule has 0 aromatic heterocycles. The van der Waals surface area contributed by atoms with Crippen LogP contribution in [0.5, 0.6) is 11.5 Å². The Morgan fingerprint density at radius 2 is 1.94 bits per heavy atom. The largest absolute Gasteiger partial charge is 0.493 e. The highest BCUT2D eigenvalue weighted by Gasteiger charge is 2.34. The van der Waals surface area contributed by atoms with Crippen LogP contribution in [0.2, 0.25) is 5.02 Å². The standard InChI is InChI=1S/C22H20ClN3O5/c1-3-30-21(27)19-16(12-31-17-9-4-13(11-24)10-18(17)29-2)25-22(28)26-20(19)14-5-7-15(23)8-6-14/h4-10,20H,3,12H2,1-2H3,(H2,25,26,28). The van der Waals surface area contributed by atoms with Gasteiger partial charge in [0, 0.05) is 11.1 Å². The Bertz CT molecular complexity index is 1060. The summed E-state index contributed by atoms with van der Waals surface area (Å²) in [6, 6.07) is 12.3. The van der Waals surface area contributed by atoms with Crippen LogP contribution in [0.4, 0.5) is 4.79 Å². The third kappa shape index (κ3) is 5.08. The van der Waals surface area contributed by atoms with Gasteiger partial charge in [0.15, 0.2) is 11.5 Å². The first-order valence-corrected chi connectivity index (χ1v) is 9.78. The molecule has 1 aliphatic heterocycles. The number of amides is 2. The van der Waals surface area contributed by atoms with Crippen LogP contribution in [-0.4, -0.2) is 32.3 Å². The van der Waals surface area contributed by atoms with Gasteiger partial charge in [0.25, 0.3) is 0 Å². The van der Waals surface area contributed by atoms with E-state index >= 15 is 0 Å². The van der Waals surface area contributed by atoms with Crippen LogP contribution in [0.25, 0.3) is 0 Å². The fourth-order valence-electron chi connectivity index (χ4n) is 3.09. The summed E-state index contributed by atoms with van der Waals surface area (Å²) in [5, 5.41) is 14.9. The number of nitrogens with one attached hydrogen (secondary N) is 2. The van der Waals surface area contributed by atoms with Gasteiger partial charge in [-0.3, -0.25) is 0 Å². The van der Waals surface area contributed by atoms with Crippen molar-refractivity contribution in [1.29, 1.82) is 5.26 Å². The van der Waals surface area contributed by atoms with E-state index in [-0.39, 0.29) is 24.5 Å². The van der Waals surface area contributed by atoms with E-state index in [4.69, 9.17) is 31.1 Å². The summed E-state index contributed by atoms with van der Waals surface area (Å²) >= 11 is 5.97. The number of hydrogen-bond donors (Lipinski definition) is 2. The van der Waals surface area contributed by atoms with E-state index in [0.29, 0.717) is 27.6 Å². The zero-order valence-corrected chi connectivity index (χ0v) is 17.7. The number of esters is 1. The molecule has 2 N–H and O–H groups in total. The van der Waals surface area contributed by atoms with Crippen molar-refractivity contribution in [3.8, 4) is 17.6 Å². The molecule has 0 spiro atoms. The van der Waals surface area contributed by atoms with Crippen LogP contribution in [0.1, 0.15) is 24.1 Å². The van der Waals surface area contributed by atoms with E-state index in [0.717, 1.165) is 0 Å². The molecule has 160 valence electrons. The van der Waals surface area contributed by atoms with Crippen molar-refractivity contribution in [3.63, 3.8) is 0 Å². The Hall–Kier alpha value is -3.70. The quantitative estimate of drug-likeness (QED) is 0.636. The number of halogens is 1. The molecular weight excluding hydrogens is 422 g/mol. The molecule has 0 aliphatic carbocycles. The third-order valence-corrected chi connectivity index (χ3v) is 4.77. The van der Waals surface area contributed by atoms with Crippen LogP contribution in [0.15, 0.2) is 53.7 Å². The lowest BCUT2D eigenvalue weighted by Crippen LogP contribution is -2.47. The normalized spacial score (nSPS) is 15.4. The van der Waals surface area contributed by atoms with Crippen molar-refractivity contribution in [2.75, 3.05) is 20.3 Å². The first kappa shape index (κ1) is 22.0. The number of carbonyl (C=O) groups is 2. The zero-order chi connectivity index (χ0) is 22.4. The van der Waals surface area contributed by atoms with Gasteiger partial charge in [-0.2, -0.15) is 5.26 Å². The lowest BCUT2D eigenvalue weighted by atomic mass is 9.95. The summed E-state index contributed by atoms with van der Waals surface area (Å²) in [7, 11) is 1.45. The first-order chi connectivity index (χ1) is 15.0. The molecule has 0 saturated heterocycles. The van der Waals surface area contributed by atoms with Crippen LogP contribution in [0.3, 0.4) is 0 Å². The average molecular weight is 442 g/mol. The number of benzene rings is 2. The van der Waals surface area contributed by atoms with Crippen molar-refractivity contribution in [3.05, 3.63) is 69.9 Å². The monoisotopic (exact) mass is 441 g/mol. The Kier molecular flexibility index (Phi) is 7.00. The molecule has 0 fully saturated rings. The molecule has 2 aromatic carbocycles. The maximum Gasteiger partial charge on any atom is 0.338 e. The molecule has 9 heteroatoms. The predicted molar refractivity (Wildman–Crippen MR) is 113 cm³/mol. The van der Waals surface area contributed by atoms with Gasteiger partial charge < -0.3 is 24.8 Å². The fraction of sp³-hybridized carbons (Fsp3) is 0.227. The van der Waals surface area contributed by atoms with Gasteiger partial charge in [-0.05, 0) is 36.8 Å². The van der Waals surface area contributed by atoms with Gasteiger partial charge in [0.2, 0.25) is 0 Å². The molecule has 0 radical (unpaired) electrons. The Morgan fingerprint density at radius 3 is 2.58 bits per heavy atom. The van der Waals surface area contributed by atoms with E-state index in [2.05, 4.69) is 10.6 Å². The maximum absolute atomic E-state index is 12.8. The molecule has 8 nitrogen and oxygen atoms in total. The molecule has 2 amide bonds. The first-order valence-electron chi connectivity index (χ1n) is 9.40. The van der Waals surface area contributed by atoms with E-state index in [1.165, 1.54) is 13.2 Å². The number of nitriles is 1. The van der Waals surface area contributed by atoms with Crippen molar-refractivity contribution in [2.45, 2.75) is 13.0 Å². The Balaban J connectivity index is 1.97. The van der Waals surface area contributed by atoms with Gasteiger partial charge in [0.1, 0.15) is 6.61 Å². The number of carbonyl (C=O) groups excluding carboxylic acids is 2. The number of hydrogen-bond acceptors (Lipinski definition) is 6. The SMILES string of the molecule is CCOC(=O)C1=C(COc2ccc(C#N)cc2OC)NC(=O)NC1c1ccc(Cl)cc1. The van der Waals surface area contributed by atoms with E-state index in [1.807, 2.05) is 6.07 Å². The van der Waals surface area contributed by atoms with Gasteiger partial charge in [0.05, 0.1) is 42.7 Å². The van der Waals surface area contributed by atoms with E-state index in [1.54, 1.807) is 43.3 Å². The molecule has 1 heterocycles. The lowest BCUT2D eigenvalue weighted by Gasteiger charge is -2.29. The van der Waals surface area contributed by atoms with Crippen LogP contribution >= 0.6 is 11.6 Å². The minimum atomic E-state index is -0.744. The highest BCUT2D eigenvalue weighted by atomic mass is 35.5. The Labute approximate surface area is 184 Å². The number of rotatable bonds is 7. The molecule has 0 bridgehead atoms. The minimum Gasteiger partial charge on any atom is -0.493 e. The molecule has 2 aromatic rings. The predicted octanol–water partition coefficient (Wildman–Crippen LogP) is 3.47. The van der Waals surface area contributed by atoms with Gasteiger partial charge in [-0.1, -0.05) is 23.7 Å². The molecular formula is C22H20ClN3O5. The highest BCUT2D eigenvalue weighted by molar-refractivity contribution is 6.30. The van der Waals surface area contributed by atoms with Crippen molar-refractivity contribution in [1.82, 2.24) is 10.6 Å². The van der Waals surface area contributed by atoms with E-state index < -0.39 is 18.0 Å². The van der Waals surface area contributed by atoms with Crippen molar-refractivity contribution >= 4 is 23.6 Å². The third-order valence-electron chi connectivity index (χ3n) is 4.52. The lowest BCUT2D eigenvalue weighted by molar-refractivity contribution is -0.139. The number of ether oxygens (including phenoxy) is 3. The van der Waals surface area contributed by atoms with Gasteiger partial charge >= 0.3 is 12.0 Å². The second kappa shape index (κ2) is 9.87. The van der Waals surface area contributed by atoms with Gasteiger partial charge in [-0.15, -0.1) is 0 Å². The number of methoxy groups -OCH3 is 1. The summed E-state index contributed by atoms with van der Waals surface area (Å²) in [5.74, 6) is 0.125. The smallest absolute Gasteiger partial charge is 0.338 e. The summed E-state index contributed by atoms with van der Waals surface area (Å²) < 4.78 is 16.3. The van der Waals surface area contributed by atoms with Crippen LogP contribution < -0.4 is 20.1 Å². The molecule has 1 atom stereocenters. The van der Waals surface area contributed by atoms with Gasteiger partial charge in [-0.25, -0.2) is 9.59 Å². The average Bonchev–Trinajstić information content (AvgIpc) is 2.77. The van der Waals surface area contributed by atoms with Crippen LogP contribution in [0, 0.1) is 11.3 Å². The van der Waals surface area contributed by atoms with Crippen LogP contribution in [-0.2, 0) is 9.53 Å². The summed E-state index contributed by atoms with van der Waals surface area (Å²) in [4.78, 5) is 25.1. The topological polar surface area (TPSA) is 110 Å². The fourth-order valence-corrected chi connectivity index (χ4v) is 3.22. The molecule has 1 unspecified atom stereocenters. The molecule has 31 heavy (non-hydrogen) atoms.